The second-order valence-corrected chi connectivity index (χ2v) is 5.48. The smallest absolute Gasteiger partial charge is 0.248 e. The molecular weight excluding hydrogens is 266 g/mol. The molecule has 1 heterocycles. The van der Waals surface area contributed by atoms with Crippen LogP contribution in [0.1, 0.15) is 29.9 Å². The third-order valence-electron chi connectivity index (χ3n) is 3.19. The second-order valence-electron chi connectivity index (χ2n) is 4.50. The van der Waals surface area contributed by atoms with E-state index in [1.54, 1.807) is 17.4 Å². The zero-order chi connectivity index (χ0) is 14.4. The number of hydrogen-bond acceptors (Lipinski definition) is 2. The summed E-state index contributed by atoms with van der Waals surface area (Å²) < 4.78 is 0. The van der Waals surface area contributed by atoms with Crippen LogP contribution in [0.5, 0.6) is 0 Å². The van der Waals surface area contributed by atoms with Gasteiger partial charge in [-0.2, -0.15) is 0 Å². The summed E-state index contributed by atoms with van der Waals surface area (Å²) in [6.45, 7) is 4.21. The Morgan fingerprint density at radius 1 is 1.15 bits per heavy atom. The van der Waals surface area contributed by atoms with Crippen LogP contribution in [-0.4, -0.2) is 5.91 Å². The molecule has 0 saturated heterocycles. The molecule has 0 aliphatic heterocycles. The molecule has 1 aromatic carbocycles. The van der Waals surface area contributed by atoms with Gasteiger partial charge in [-0.3, -0.25) is 4.79 Å². The maximum atomic E-state index is 12.1. The number of amides is 1. The zero-order valence-corrected chi connectivity index (χ0v) is 12.7. The van der Waals surface area contributed by atoms with Gasteiger partial charge in [0.1, 0.15) is 0 Å². The first-order chi connectivity index (χ1) is 9.74. The molecule has 2 aromatic rings. The number of benzene rings is 1. The van der Waals surface area contributed by atoms with Crippen LogP contribution in [0.25, 0.3) is 6.08 Å². The Kier molecular flexibility index (Phi) is 5.13. The first-order valence-electron chi connectivity index (χ1n) is 6.88. The van der Waals surface area contributed by atoms with Gasteiger partial charge in [0.15, 0.2) is 0 Å². The number of aryl methyl sites for hydroxylation is 2. The number of rotatable bonds is 5. The van der Waals surface area contributed by atoms with Gasteiger partial charge in [-0.1, -0.05) is 38.1 Å². The fraction of sp³-hybridized carbons (Fsp3) is 0.235. The van der Waals surface area contributed by atoms with E-state index < -0.39 is 0 Å². The van der Waals surface area contributed by atoms with Gasteiger partial charge in [0, 0.05) is 16.6 Å². The van der Waals surface area contributed by atoms with Crippen LogP contribution in [0.4, 0.5) is 5.69 Å². The largest absolute Gasteiger partial charge is 0.322 e. The van der Waals surface area contributed by atoms with Gasteiger partial charge >= 0.3 is 0 Å². The van der Waals surface area contributed by atoms with E-state index in [-0.39, 0.29) is 5.91 Å². The van der Waals surface area contributed by atoms with Gasteiger partial charge in [-0.15, -0.1) is 11.3 Å². The number of carbonyl (C=O) groups excluding carboxylic acids is 1. The average Bonchev–Trinajstić information content (AvgIpc) is 2.98. The first kappa shape index (κ1) is 14.5. The fourth-order valence-electron chi connectivity index (χ4n) is 2.11. The van der Waals surface area contributed by atoms with Gasteiger partial charge in [0.25, 0.3) is 0 Å². The predicted octanol–water partition coefficient (Wildman–Crippen LogP) is 4.52. The molecule has 0 aliphatic rings. The Balaban J connectivity index is 2.15. The third-order valence-corrected chi connectivity index (χ3v) is 4.03. The Bertz CT molecular complexity index is 577. The minimum absolute atomic E-state index is 0.0750. The molecule has 104 valence electrons. The highest BCUT2D eigenvalue weighted by Crippen LogP contribution is 2.22. The summed E-state index contributed by atoms with van der Waals surface area (Å²) in [5.41, 5.74) is 3.34. The third kappa shape index (κ3) is 3.58. The molecular formula is C17H19NOS. The molecule has 0 radical (unpaired) electrons. The Labute approximate surface area is 124 Å². The molecule has 1 aromatic heterocycles. The van der Waals surface area contributed by atoms with E-state index in [9.17, 15) is 4.79 Å². The normalized spacial score (nSPS) is 10.9. The van der Waals surface area contributed by atoms with E-state index in [0.717, 1.165) is 23.4 Å². The second kappa shape index (κ2) is 7.06. The monoisotopic (exact) mass is 285 g/mol. The summed E-state index contributed by atoms with van der Waals surface area (Å²) in [4.78, 5) is 13.1. The van der Waals surface area contributed by atoms with Crippen molar-refractivity contribution in [3.05, 3.63) is 57.8 Å². The molecule has 2 nitrogen and oxygen atoms in total. The highest BCUT2D eigenvalue weighted by Gasteiger charge is 2.08. The van der Waals surface area contributed by atoms with Crippen molar-refractivity contribution in [2.45, 2.75) is 26.7 Å². The zero-order valence-electron chi connectivity index (χ0n) is 11.8. The first-order valence-corrected chi connectivity index (χ1v) is 7.75. The fourth-order valence-corrected chi connectivity index (χ4v) is 2.73. The molecule has 20 heavy (non-hydrogen) atoms. The number of nitrogens with one attached hydrogen (secondary N) is 1. The molecule has 3 heteroatoms. The average molecular weight is 285 g/mol. The van der Waals surface area contributed by atoms with E-state index in [0.29, 0.717) is 0 Å². The van der Waals surface area contributed by atoms with E-state index in [1.165, 1.54) is 11.1 Å². The lowest BCUT2D eigenvalue weighted by atomic mass is 10.0. The molecule has 0 spiro atoms. The molecule has 0 bridgehead atoms. The number of thiophene rings is 1. The number of hydrogen-bond donors (Lipinski definition) is 1. The van der Waals surface area contributed by atoms with Crippen LogP contribution in [0, 0.1) is 0 Å². The van der Waals surface area contributed by atoms with Crippen LogP contribution in [0.3, 0.4) is 0 Å². The molecule has 1 N–H and O–H groups in total. The predicted molar refractivity (Wildman–Crippen MR) is 87.2 cm³/mol. The van der Waals surface area contributed by atoms with Crippen LogP contribution >= 0.6 is 11.3 Å². The van der Waals surface area contributed by atoms with Crippen molar-refractivity contribution < 1.29 is 4.79 Å². The highest BCUT2D eigenvalue weighted by molar-refractivity contribution is 7.10. The minimum Gasteiger partial charge on any atom is -0.322 e. The number of anilines is 1. The van der Waals surface area contributed by atoms with Gasteiger partial charge in [0.05, 0.1) is 0 Å². The molecule has 0 fully saturated rings. The van der Waals surface area contributed by atoms with Crippen LogP contribution in [0.15, 0.2) is 41.8 Å². The highest BCUT2D eigenvalue weighted by atomic mass is 32.1. The van der Waals surface area contributed by atoms with E-state index >= 15 is 0 Å². The van der Waals surface area contributed by atoms with Gasteiger partial charge < -0.3 is 5.32 Å². The van der Waals surface area contributed by atoms with E-state index in [4.69, 9.17) is 0 Å². The van der Waals surface area contributed by atoms with Crippen molar-refractivity contribution in [1.29, 1.82) is 0 Å². The van der Waals surface area contributed by atoms with Crippen molar-refractivity contribution >= 4 is 29.0 Å². The minimum atomic E-state index is -0.0750. The lowest BCUT2D eigenvalue weighted by Crippen LogP contribution is -2.11. The maximum absolute atomic E-state index is 12.1. The molecule has 0 unspecified atom stereocenters. The van der Waals surface area contributed by atoms with Crippen LogP contribution in [0.2, 0.25) is 0 Å². The summed E-state index contributed by atoms with van der Waals surface area (Å²) >= 11 is 1.62. The van der Waals surface area contributed by atoms with E-state index in [1.807, 2.05) is 23.6 Å². The number of para-hydroxylation sites is 1. The summed E-state index contributed by atoms with van der Waals surface area (Å²) in [7, 11) is 0. The Hall–Kier alpha value is -1.87. The molecule has 0 saturated carbocycles. The van der Waals surface area contributed by atoms with E-state index in [2.05, 4.69) is 37.4 Å². The summed E-state index contributed by atoms with van der Waals surface area (Å²) in [6, 6.07) is 10.2. The summed E-state index contributed by atoms with van der Waals surface area (Å²) in [6.07, 6.45) is 5.27. The van der Waals surface area contributed by atoms with Crippen molar-refractivity contribution in [2.75, 3.05) is 5.32 Å². The standard InChI is InChI=1S/C17H19NOS/c1-3-13-7-5-8-14(4-2)17(13)18-16(19)11-10-15-9-6-12-20-15/h5-12H,3-4H2,1-2H3,(H,18,19). The van der Waals surface area contributed by atoms with Crippen molar-refractivity contribution in [3.63, 3.8) is 0 Å². The van der Waals surface area contributed by atoms with Crippen LogP contribution < -0.4 is 5.32 Å². The Morgan fingerprint density at radius 3 is 2.40 bits per heavy atom. The van der Waals surface area contributed by atoms with Crippen molar-refractivity contribution in [3.8, 4) is 0 Å². The Morgan fingerprint density at radius 2 is 1.85 bits per heavy atom. The molecule has 0 atom stereocenters. The SMILES string of the molecule is CCc1cccc(CC)c1NC(=O)C=Cc1cccs1. The van der Waals surface area contributed by atoms with Gasteiger partial charge in [-0.05, 0) is 41.5 Å². The topological polar surface area (TPSA) is 29.1 Å². The maximum Gasteiger partial charge on any atom is 0.248 e. The summed E-state index contributed by atoms with van der Waals surface area (Å²) in [5.74, 6) is -0.0750. The quantitative estimate of drug-likeness (QED) is 0.804. The lowest BCUT2D eigenvalue weighted by Gasteiger charge is -2.13. The van der Waals surface area contributed by atoms with Crippen molar-refractivity contribution in [1.82, 2.24) is 0 Å². The molecule has 2 rings (SSSR count). The van der Waals surface area contributed by atoms with Gasteiger partial charge in [0.2, 0.25) is 5.91 Å². The van der Waals surface area contributed by atoms with Crippen molar-refractivity contribution in [2.24, 2.45) is 0 Å². The van der Waals surface area contributed by atoms with Crippen LogP contribution in [-0.2, 0) is 17.6 Å². The summed E-state index contributed by atoms with van der Waals surface area (Å²) in [5, 5.41) is 5.02. The molecule has 0 aliphatic carbocycles. The number of carbonyl (C=O) groups is 1. The molecule has 1 amide bonds. The van der Waals surface area contributed by atoms with Gasteiger partial charge in [-0.25, -0.2) is 0 Å². The lowest BCUT2D eigenvalue weighted by molar-refractivity contribution is -0.111.